The molecule has 1 rings (SSSR count). The first-order chi connectivity index (χ1) is 11.8. The molecule has 0 saturated heterocycles. The van der Waals surface area contributed by atoms with Crippen LogP contribution in [0.5, 0.6) is 0 Å². The molecule has 0 aliphatic heterocycles. The van der Waals surface area contributed by atoms with E-state index < -0.39 is 0 Å². The van der Waals surface area contributed by atoms with Crippen molar-refractivity contribution in [2.45, 2.75) is 118 Å². The summed E-state index contributed by atoms with van der Waals surface area (Å²) < 4.78 is 2.64. The molecule has 0 spiro atoms. The average molecular weight is 333 g/mol. The van der Waals surface area contributed by atoms with Crippen molar-refractivity contribution in [1.82, 2.24) is 0 Å². The van der Waals surface area contributed by atoms with Gasteiger partial charge in [-0.15, -0.1) is 0 Å². The Morgan fingerprint density at radius 2 is 1.29 bits per heavy atom. The van der Waals surface area contributed by atoms with Crippen LogP contribution in [0.25, 0.3) is 0 Å². The lowest BCUT2D eigenvalue weighted by atomic mass is 9.98. The molecule has 0 aliphatic rings. The molecular weight excluding hydrogens is 290 g/mol. The lowest BCUT2D eigenvalue weighted by Gasteiger charge is -2.12. The highest BCUT2D eigenvalue weighted by molar-refractivity contribution is 5.22. The van der Waals surface area contributed by atoms with Crippen molar-refractivity contribution in [3.8, 4) is 0 Å². The summed E-state index contributed by atoms with van der Waals surface area (Å²) in [6, 6.07) is 2.54. The molecular formula is C23H42N+. The third kappa shape index (κ3) is 7.81. The van der Waals surface area contributed by atoms with Crippen molar-refractivity contribution in [2.75, 3.05) is 0 Å². The van der Waals surface area contributed by atoms with E-state index >= 15 is 0 Å². The van der Waals surface area contributed by atoms with E-state index in [-0.39, 0.29) is 0 Å². The maximum absolute atomic E-state index is 2.64. The first-order valence-electron chi connectivity index (χ1n) is 10.8. The number of aryl methyl sites for hydroxylation is 3. The molecule has 0 N–H and O–H groups in total. The minimum atomic E-state index is 1.22. The van der Waals surface area contributed by atoms with Crippen LogP contribution in [0.3, 0.4) is 0 Å². The number of aromatic nitrogens is 1. The van der Waals surface area contributed by atoms with Gasteiger partial charge in [-0.1, -0.05) is 59.8 Å². The Morgan fingerprint density at radius 3 is 1.96 bits per heavy atom. The number of hydrogen-bond acceptors (Lipinski definition) is 0. The van der Waals surface area contributed by atoms with E-state index in [9.17, 15) is 0 Å². The van der Waals surface area contributed by atoms with Gasteiger partial charge in [-0.25, -0.2) is 4.57 Å². The fraction of sp³-hybridized carbons (Fsp3) is 0.783. The third-order valence-electron chi connectivity index (χ3n) is 5.04. The number of nitrogens with zero attached hydrogens (tertiary/aromatic N) is 1. The normalized spacial score (nSPS) is 11.2. The van der Waals surface area contributed by atoms with Crippen LogP contribution < -0.4 is 4.57 Å². The van der Waals surface area contributed by atoms with E-state index in [1.807, 2.05) is 0 Å². The Hall–Kier alpha value is -0.850. The van der Waals surface area contributed by atoms with Crippen LogP contribution in [0.1, 0.15) is 109 Å². The van der Waals surface area contributed by atoms with E-state index in [1.165, 1.54) is 90.0 Å². The number of pyridine rings is 1. The Morgan fingerprint density at radius 1 is 0.667 bits per heavy atom. The van der Waals surface area contributed by atoms with Crippen LogP contribution >= 0.6 is 0 Å². The fourth-order valence-electron chi connectivity index (χ4n) is 3.49. The number of rotatable bonds is 14. The van der Waals surface area contributed by atoms with Crippen LogP contribution in [0.2, 0.25) is 0 Å². The smallest absolute Gasteiger partial charge is 0.184 e. The maximum Gasteiger partial charge on any atom is 0.184 e. The van der Waals surface area contributed by atoms with Gasteiger partial charge < -0.3 is 0 Å². The van der Waals surface area contributed by atoms with Crippen molar-refractivity contribution in [3.63, 3.8) is 0 Å². The average Bonchev–Trinajstić information content (AvgIpc) is 2.60. The molecule has 0 amide bonds. The van der Waals surface area contributed by atoms with Gasteiger partial charge in [-0.3, -0.25) is 0 Å². The van der Waals surface area contributed by atoms with Gasteiger partial charge >= 0.3 is 0 Å². The molecule has 0 radical (unpaired) electrons. The molecule has 138 valence electrons. The molecule has 1 heterocycles. The number of hydrogen-bond donors (Lipinski definition) is 0. The van der Waals surface area contributed by atoms with Crippen LogP contribution in [-0.4, -0.2) is 0 Å². The van der Waals surface area contributed by atoms with Crippen LogP contribution in [0.4, 0.5) is 0 Å². The van der Waals surface area contributed by atoms with E-state index in [2.05, 4.69) is 44.5 Å². The summed E-state index contributed by atoms with van der Waals surface area (Å²) in [5.41, 5.74) is 4.87. The van der Waals surface area contributed by atoms with E-state index in [1.54, 1.807) is 16.8 Å². The molecule has 24 heavy (non-hydrogen) atoms. The zero-order valence-corrected chi connectivity index (χ0v) is 17.0. The SMILES string of the molecule is CCCCCc1c(CCCC)cc(CCCC)c[n+]1CCCCC. The van der Waals surface area contributed by atoms with Gasteiger partial charge in [-0.2, -0.15) is 0 Å². The Labute approximate surface area is 151 Å². The molecule has 0 aliphatic carbocycles. The van der Waals surface area contributed by atoms with Crippen molar-refractivity contribution in [1.29, 1.82) is 0 Å². The second-order valence-corrected chi connectivity index (χ2v) is 7.38. The van der Waals surface area contributed by atoms with Gasteiger partial charge in [0.25, 0.3) is 0 Å². The van der Waals surface area contributed by atoms with Gasteiger partial charge in [-0.05, 0) is 44.6 Å². The molecule has 0 fully saturated rings. The lowest BCUT2D eigenvalue weighted by molar-refractivity contribution is -0.705. The zero-order chi connectivity index (χ0) is 17.6. The van der Waals surface area contributed by atoms with Crippen molar-refractivity contribution < 1.29 is 4.57 Å². The highest BCUT2D eigenvalue weighted by Crippen LogP contribution is 2.16. The zero-order valence-electron chi connectivity index (χ0n) is 17.0. The molecule has 1 nitrogen and oxygen atoms in total. The summed E-state index contributed by atoms with van der Waals surface area (Å²) >= 11 is 0. The third-order valence-corrected chi connectivity index (χ3v) is 5.04. The van der Waals surface area contributed by atoms with Gasteiger partial charge in [0.1, 0.15) is 6.54 Å². The van der Waals surface area contributed by atoms with Gasteiger partial charge in [0.05, 0.1) is 0 Å². The summed E-state index contributed by atoms with van der Waals surface area (Å²) in [5, 5.41) is 0. The largest absolute Gasteiger partial charge is 0.202 e. The molecule has 0 atom stereocenters. The summed E-state index contributed by atoms with van der Waals surface area (Å²) in [5.74, 6) is 0. The van der Waals surface area contributed by atoms with Gasteiger partial charge in [0.2, 0.25) is 0 Å². The second-order valence-electron chi connectivity index (χ2n) is 7.38. The summed E-state index contributed by atoms with van der Waals surface area (Å²) in [6.07, 6.45) is 19.5. The monoisotopic (exact) mass is 332 g/mol. The predicted octanol–water partition coefficient (Wildman–Crippen LogP) is 6.58. The predicted molar refractivity (Wildman–Crippen MR) is 107 cm³/mol. The summed E-state index contributed by atoms with van der Waals surface area (Å²) in [4.78, 5) is 0. The Balaban J connectivity index is 3.03. The summed E-state index contributed by atoms with van der Waals surface area (Å²) in [6.45, 7) is 10.4. The van der Waals surface area contributed by atoms with Crippen molar-refractivity contribution in [3.05, 3.63) is 29.1 Å². The van der Waals surface area contributed by atoms with Gasteiger partial charge in [0, 0.05) is 24.0 Å². The molecule has 0 aromatic carbocycles. The Kier molecular flexibility index (Phi) is 11.9. The standard InChI is InChI=1S/C23H42N/c1-5-9-13-17-23-22(16-12-8-4)19-21(15-11-7-3)20-24(23)18-14-10-6-2/h19-20H,5-18H2,1-4H3/q+1. The maximum atomic E-state index is 2.64. The second kappa shape index (κ2) is 13.4. The fourth-order valence-corrected chi connectivity index (χ4v) is 3.49. The number of unbranched alkanes of at least 4 members (excludes halogenated alkanes) is 6. The van der Waals surface area contributed by atoms with Crippen LogP contribution in [0, 0.1) is 0 Å². The van der Waals surface area contributed by atoms with Crippen molar-refractivity contribution in [2.24, 2.45) is 0 Å². The van der Waals surface area contributed by atoms with Gasteiger partial charge in [0.15, 0.2) is 11.9 Å². The molecule has 0 bridgehead atoms. The van der Waals surface area contributed by atoms with Crippen LogP contribution in [-0.2, 0) is 25.8 Å². The van der Waals surface area contributed by atoms with E-state index in [0.29, 0.717) is 0 Å². The molecule has 1 heteroatoms. The summed E-state index contributed by atoms with van der Waals surface area (Å²) in [7, 11) is 0. The molecule has 0 unspecified atom stereocenters. The minimum Gasteiger partial charge on any atom is -0.202 e. The Bertz CT molecular complexity index is 436. The first kappa shape index (κ1) is 21.2. The minimum absolute atomic E-state index is 1.22. The van der Waals surface area contributed by atoms with Crippen LogP contribution in [0.15, 0.2) is 12.3 Å². The first-order valence-corrected chi connectivity index (χ1v) is 10.8. The lowest BCUT2D eigenvalue weighted by Crippen LogP contribution is -2.40. The molecule has 1 aromatic heterocycles. The van der Waals surface area contributed by atoms with E-state index in [0.717, 1.165) is 0 Å². The molecule has 1 aromatic rings. The quantitative estimate of drug-likeness (QED) is 0.267. The van der Waals surface area contributed by atoms with Crippen molar-refractivity contribution >= 4 is 0 Å². The highest BCUT2D eigenvalue weighted by Gasteiger charge is 2.17. The molecule has 0 saturated carbocycles. The highest BCUT2D eigenvalue weighted by atomic mass is 15.0. The van der Waals surface area contributed by atoms with E-state index in [4.69, 9.17) is 0 Å². The topological polar surface area (TPSA) is 3.88 Å².